The van der Waals surface area contributed by atoms with Crippen LogP contribution in [0.25, 0.3) is 0 Å². The van der Waals surface area contributed by atoms with Crippen LogP contribution in [0.3, 0.4) is 0 Å². The SMILES string of the molecule is CC1CCC(C(C)(C)CCS(=O)(=O)C(C)C)C(=O)C1. The van der Waals surface area contributed by atoms with Gasteiger partial charge in [-0.2, -0.15) is 0 Å². The first-order valence-corrected chi connectivity index (χ1v) is 9.02. The molecule has 0 aromatic carbocycles. The summed E-state index contributed by atoms with van der Waals surface area (Å²) < 4.78 is 23.8. The molecule has 0 bridgehead atoms. The predicted octanol–water partition coefficient (Wildman–Crippen LogP) is 3.23. The Hall–Kier alpha value is -0.380. The lowest BCUT2D eigenvalue weighted by molar-refractivity contribution is -0.130. The molecule has 0 aliphatic heterocycles. The van der Waals surface area contributed by atoms with Crippen LogP contribution < -0.4 is 0 Å². The van der Waals surface area contributed by atoms with Crippen LogP contribution >= 0.6 is 0 Å². The molecule has 0 heterocycles. The van der Waals surface area contributed by atoms with Crippen molar-refractivity contribution in [2.45, 2.75) is 65.6 Å². The zero-order chi connectivity index (χ0) is 14.8. The lowest BCUT2D eigenvalue weighted by Crippen LogP contribution is -2.37. The molecule has 1 rings (SSSR count). The molecule has 1 saturated carbocycles. The van der Waals surface area contributed by atoms with Gasteiger partial charge >= 0.3 is 0 Å². The van der Waals surface area contributed by atoms with Gasteiger partial charge in [0.25, 0.3) is 0 Å². The monoisotopic (exact) mass is 288 g/mol. The van der Waals surface area contributed by atoms with Gasteiger partial charge in [-0.15, -0.1) is 0 Å². The summed E-state index contributed by atoms with van der Waals surface area (Å²) in [7, 11) is -3.01. The van der Waals surface area contributed by atoms with Crippen LogP contribution in [0, 0.1) is 17.3 Å². The van der Waals surface area contributed by atoms with Gasteiger partial charge in [-0.3, -0.25) is 4.79 Å². The van der Waals surface area contributed by atoms with E-state index in [1.807, 2.05) is 13.8 Å². The van der Waals surface area contributed by atoms with Crippen molar-refractivity contribution < 1.29 is 13.2 Å². The number of rotatable bonds is 5. The zero-order valence-corrected chi connectivity index (χ0v) is 13.7. The van der Waals surface area contributed by atoms with Gasteiger partial charge in [0, 0.05) is 12.3 Å². The summed E-state index contributed by atoms with van der Waals surface area (Å²) in [5.41, 5.74) is -0.209. The van der Waals surface area contributed by atoms with Crippen molar-refractivity contribution >= 4 is 15.6 Å². The fraction of sp³-hybridized carbons (Fsp3) is 0.933. The van der Waals surface area contributed by atoms with Crippen molar-refractivity contribution in [2.24, 2.45) is 17.3 Å². The molecule has 1 aliphatic carbocycles. The highest BCUT2D eigenvalue weighted by Crippen LogP contribution is 2.40. The largest absolute Gasteiger partial charge is 0.299 e. The number of carbonyl (C=O) groups is 1. The fourth-order valence-corrected chi connectivity index (χ4v) is 4.12. The molecule has 2 unspecified atom stereocenters. The molecule has 112 valence electrons. The normalized spacial score (nSPS) is 25.9. The van der Waals surface area contributed by atoms with Crippen molar-refractivity contribution in [1.29, 1.82) is 0 Å². The minimum atomic E-state index is -3.01. The Labute approximate surface area is 118 Å². The number of ketones is 1. The van der Waals surface area contributed by atoms with E-state index in [1.54, 1.807) is 13.8 Å². The highest BCUT2D eigenvalue weighted by molar-refractivity contribution is 7.91. The third kappa shape index (κ3) is 4.30. The summed E-state index contributed by atoms with van der Waals surface area (Å²) in [4.78, 5) is 12.2. The molecule has 0 amide bonds. The molecule has 0 aromatic rings. The van der Waals surface area contributed by atoms with Gasteiger partial charge < -0.3 is 0 Å². The van der Waals surface area contributed by atoms with Crippen LogP contribution in [0.1, 0.15) is 60.3 Å². The number of Topliss-reactive ketones (excluding diaryl/α,β-unsaturated/α-hetero) is 1. The van der Waals surface area contributed by atoms with Gasteiger partial charge in [-0.25, -0.2) is 8.42 Å². The Morgan fingerprint density at radius 2 is 1.84 bits per heavy atom. The predicted molar refractivity (Wildman–Crippen MR) is 78.8 cm³/mol. The van der Waals surface area contributed by atoms with E-state index >= 15 is 0 Å². The van der Waals surface area contributed by atoms with Crippen molar-refractivity contribution in [3.63, 3.8) is 0 Å². The molecule has 1 fully saturated rings. The topological polar surface area (TPSA) is 51.2 Å². The summed E-state index contributed by atoms with van der Waals surface area (Å²) in [6.45, 7) is 9.64. The number of carbonyl (C=O) groups excluding carboxylic acids is 1. The molecule has 0 saturated heterocycles. The zero-order valence-electron chi connectivity index (χ0n) is 12.9. The van der Waals surface area contributed by atoms with E-state index in [-0.39, 0.29) is 22.3 Å². The second kappa shape index (κ2) is 5.94. The molecule has 19 heavy (non-hydrogen) atoms. The van der Waals surface area contributed by atoms with E-state index in [1.165, 1.54) is 0 Å². The van der Waals surface area contributed by atoms with Crippen LogP contribution in [-0.4, -0.2) is 25.2 Å². The van der Waals surface area contributed by atoms with E-state index in [2.05, 4.69) is 6.92 Å². The first kappa shape index (κ1) is 16.7. The lowest BCUT2D eigenvalue weighted by Gasteiger charge is -2.37. The third-order valence-electron chi connectivity index (χ3n) is 4.58. The first-order valence-electron chi connectivity index (χ1n) is 7.30. The molecular weight excluding hydrogens is 260 g/mol. The third-order valence-corrected chi connectivity index (χ3v) is 6.79. The number of hydrogen-bond acceptors (Lipinski definition) is 3. The fourth-order valence-electron chi connectivity index (χ4n) is 2.84. The molecular formula is C15H28O3S. The van der Waals surface area contributed by atoms with Gasteiger partial charge in [0.05, 0.1) is 11.0 Å². The van der Waals surface area contributed by atoms with Gasteiger partial charge in [0.1, 0.15) is 5.78 Å². The lowest BCUT2D eigenvalue weighted by atomic mass is 9.67. The minimum absolute atomic E-state index is 0.0334. The van der Waals surface area contributed by atoms with Crippen LogP contribution in [0.2, 0.25) is 0 Å². The van der Waals surface area contributed by atoms with Crippen LogP contribution in [0.15, 0.2) is 0 Å². The maximum absolute atomic E-state index is 12.2. The summed E-state index contributed by atoms with van der Waals surface area (Å²) in [6, 6.07) is 0. The van der Waals surface area contributed by atoms with E-state index in [0.717, 1.165) is 12.8 Å². The molecule has 0 N–H and O–H groups in total. The molecule has 0 spiro atoms. The molecule has 1 aliphatic rings. The van der Waals surface area contributed by atoms with Crippen molar-refractivity contribution in [2.75, 3.05) is 5.75 Å². The Bertz CT molecular complexity index is 421. The molecule has 0 aromatic heterocycles. The quantitative estimate of drug-likeness (QED) is 0.780. The van der Waals surface area contributed by atoms with E-state index in [9.17, 15) is 13.2 Å². The van der Waals surface area contributed by atoms with Crippen LogP contribution in [0.5, 0.6) is 0 Å². The maximum Gasteiger partial charge on any atom is 0.152 e. The molecule has 3 nitrogen and oxygen atoms in total. The summed E-state index contributed by atoms with van der Waals surface area (Å²) in [6.07, 6.45) is 3.23. The van der Waals surface area contributed by atoms with Crippen molar-refractivity contribution in [3.05, 3.63) is 0 Å². The Morgan fingerprint density at radius 3 is 2.32 bits per heavy atom. The van der Waals surface area contributed by atoms with E-state index < -0.39 is 9.84 Å². The smallest absolute Gasteiger partial charge is 0.152 e. The standard InChI is InChI=1S/C15H28O3S/c1-11(2)19(17,18)9-8-15(4,5)13-7-6-12(3)10-14(13)16/h11-13H,6-10H2,1-5H3. The van der Waals surface area contributed by atoms with Crippen LogP contribution in [-0.2, 0) is 14.6 Å². The number of hydrogen-bond donors (Lipinski definition) is 0. The van der Waals surface area contributed by atoms with Crippen molar-refractivity contribution in [3.8, 4) is 0 Å². The van der Waals surface area contributed by atoms with Crippen molar-refractivity contribution in [1.82, 2.24) is 0 Å². The number of sulfone groups is 1. The Balaban J connectivity index is 2.68. The van der Waals surface area contributed by atoms with Gasteiger partial charge in [-0.1, -0.05) is 20.8 Å². The van der Waals surface area contributed by atoms with E-state index in [4.69, 9.17) is 0 Å². The summed E-state index contributed by atoms with van der Waals surface area (Å²) in [5, 5.41) is -0.328. The molecule has 2 atom stereocenters. The first-order chi connectivity index (χ1) is 8.56. The van der Waals surface area contributed by atoms with Crippen LogP contribution in [0.4, 0.5) is 0 Å². The Morgan fingerprint density at radius 1 is 1.26 bits per heavy atom. The highest BCUT2D eigenvalue weighted by atomic mass is 32.2. The average molecular weight is 288 g/mol. The Kier molecular flexibility index (Phi) is 5.21. The van der Waals surface area contributed by atoms with Gasteiger partial charge in [0.2, 0.25) is 0 Å². The van der Waals surface area contributed by atoms with Gasteiger partial charge in [0.15, 0.2) is 9.84 Å². The second-order valence-electron chi connectivity index (χ2n) is 7.06. The van der Waals surface area contributed by atoms with E-state index in [0.29, 0.717) is 24.5 Å². The minimum Gasteiger partial charge on any atom is -0.299 e. The highest BCUT2D eigenvalue weighted by Gasteiger charge is 2.38. The molecule has 0 radical (unpaired) electrons. The molecule has 4 heteroatoms. The summed E-state index contributed by atoms with van der Waals surface area (Å²) >= 11 is 0. The maximum atomic E-state index is 12.2. The summed E-state index contributed by atoms with van der Waals surface area (Å²) in [5.74, 6) is 1.03. The second-order valence-corrected chi connectivity index (χ2v) is 9.74. The van der Waals surface area contributed by atoms with Gasteiger partial charge in [-0.05, 0) is 44.4 Å². The average Bonchev–Trinajstić information content (AvgIpc) is 2.26.